The van der Waals surface area contributed by atoms with E-state index in [0.29, 0.717) is 18.2 Å². The summed E-state index contributed by atoms with van der Waals surface area (Å²) in [7, 11) is -2.12. The van der Waals surface area contributed by atoms with Crippen LogP contribution in [0.5, 0.6) is 5.75 Å². The second kappa shape index (κ2) is 6.66. The number of hydrogen-bond donors (Lipinski definition) is 2. The molecule has 0 atom stereocenters. The van der Waals surface area contributed by atoms with E-state index in [1.807, 2.05) is 0 Å². The smallest absolute Gasteiger partial charge is 0.244 e. The molecule has 2 rings (SSSR count). The van der Waals surface area contributed by atoms with E-state index in [4.69, 9.17) is 10.5 Å². The molecule has 3 N–H and O–H groups in total. The molecule has 0 heterocycles. The van der Waals surface area contributed by atoms with Gasteiger partial charge in [0, 0.05) is 18.3 Å². The van der Waals surface area contributed by atoms with Crippen molar-refractivity contribution < 1.29 is 13.2 Å². The van der Waals surface area contributed by atoms with Crippen LogP contribution in [0.1, 0.15) is 32.6 Å². The molecule has 1 fully saturated rings. The van der Waals surface area contributed by atoms with Crippen LogP contribution in [0.3, 0.4) is 0 Å². The van der Waals surface area contributed by atoms with Gasteiger partial charge < -0.3 is 10.5 Å². The average Bonchev–Trinajstić information content (AvgIpc) is 2.46. The van der Waals surface area contributed by atoms with Gasteiger partial charge in [-0.15, -0.1) is 0 Å². The van der Waals surface area contributed by atoms with E-state index in [0.717, 1.165) is 18.8 Å². The van der Waals surface area contributed by atoms with Crippen LogP contribution in [0.4, 0.5) is 5.69 Å². The Morgan fingerprint density at radius 2 is 1.95 bits per heavy atom. The molecule has 5 nitrogen and oxygen atoms in total. The van der Waals surface area contributed by atoms with E-state index in [1.165, 1.54) is 32.1 Å². The zero-order chi connectivity index (χ0) is 15.5. The van der Waals surface area contributed by atoms with Gasteiger partial charge in [0.15, 0.2) is 0 Å². The molecule has 0 amide bonds. The van der Waals surface area contributed by atoms with E-state index in [9.17, 15) is 8.42 Å². The Kier molecular flexibility index (Phi) is 5.11. The number of rotatable bonds is 5. The van der Waals surface area contributed by atoms with Gasteiger partial charge in [0.05, 0.1) is 7.11 Å². The fraction of sp³-hybridized carbons (Fsp3) is 0.600. The van der Waals surface area contributed by atoms with Gasteiger partial charge in [0.2, 0.25) is 10.0 Å². The Balaban J connectivity index is 2.05. The maximum Gasteiger partial charge on any atom is 0.244 e. The molecule has 21 heavy (non-hydrogen) atoms. The highest BCUT2D eigenvalue weighted by Gasteiger charge is 2.23. The Bertz CT molecular complexity index is 579. The fourth-order valence-corrected chi connectivity index (χ4v) is 4.01. The largest absolute Gasteiger partial charge is 0.495 e. The third-order valence-electron chi connectivity index (χ3n) is 4.17. The maximum atomic E-state index is 12.4. The normalized spacial score (nSPS) is 23.0. The predicted molar refractivity (Wildman–Crippen MR) is 83.7 cm³/mol. The van der Waals surface area contributed by atoms with Crippen molar-refractivity contribution in [3.8, 4) is 5.75 Å². The van der Waals surface area contributed by atoms with Gasteiger partial charge in [-0.2, -0.15) is 0 Å². The molecule has 0 aromatic heterocycles. The SMILES string of the molecule is COc1cc(N)ccc1S(=O)(=O)NCC1CCC(C)CC1. The highest BCUT2D eigenvalue weighted by atomic mass is 32.2. The van der Waals surface area contributed by atoms with Gasteiger partial charge in [0.1, 0.15) is 10.6 Å². The van der Waals surface area contributed by atoms with Crippen molar-refractivity contribution in [2.75, 3.05) is 19.4 Å². The predicted octanol–water partition coefficient (Wildman–Crippen LogP) is 2.38. The topological polar surface area (TPSA) is 81.4 Å². The monoisotopic (exact) mass is 312 g/mol. The van der Waals surface area contributed by atoms with E-state index >= 15 is 0 Å². The Morgan fingerprint density at radius 1 is 1.29 bits per heavy atom. The molecule has 0 saturated heterocycles. The molecule has 0 bridgehead atoms. The number of ether oxygens (including phenoxy) is 1. The second-order valence-electron chi connectivity index (χ2n) is 5.89. The number of hydrogen-bond acceptors (Lipinski definition) is 4. The Labute approximate surface area is 126 Å². The van der Waals surface area contributed by atoms with Gasteiger partial charge in [-0.05, 0) is 36.8 Å². The van der Waals surface area contributed by atoms with E-state index < -0.39 is 10.0 Å². The van der Waals surface area contributed by atoms with Crippen LogP contribution in [0.25, 0.3) is 0 Å². The molecular weight excluding hydrogens is 288 g/mol. The lowest BCUT2D eigenvalue weighted by Crippen LogP contribution is -2.31. The van der Waals surface area contributed by atoms with Gasteiger partial charge in [-0.25, -0.2) is 13.1 Å². The van der Waals surface area contributed by atoms with Gasteiger partial charge >= 0.3 is 0 Å². The van der Waals surface area contributed by atoms with Crippen LogP contribution in [-0.2, 0) is 10.0 Å². The van der Waals surface area contributed by atoms with Crippen LogP contribution in [-0.4, -0.2) is 22.1 Å². The molecule has 0 radical (unpaired) electrons. The molecule has 1 saturated carbocycles. The number of methoxy groups -OCH3 is 1. The zero-order valence-electron chi connectivity index (χ0n) is 12.6. The van der Waals surface area contributed by atoms with Crippen molar-refractivity contribution in [2.45, 2.75) is 37.5 Å². The number of nitrogen functional groups attached to an aromatic ring is 1. The average molecular weight is 312 g/mol. The summed E-state index contributed by atoms with van der Waals surface area (Å²) in [5, 5.41) is 0. The number of anilines is 1. The van der Waals surface area contributed by atoms with Crippen molar-refractivity contribution in [1.82, 2.24) is 4.72 Å². The first-order chi connectivity index (χ1) is 9.92. The first-order valence-corrected chi connectivity index (χ1v) is 8.84. The summed E-state index contributed by atoms with van der Waals surface area (Å²) >= 11 is 0. The second-order valence-corrected chi connectivity index (χ2v) is 7.62. The molecule has 1 aliphatic carbocycles. The van der Waals surface area contributed by atoms with Crippen LogP contribution in [0, 0.1) is 11.8 Å². The van der Waals surface area contributed by atoms with E-state index in [1.54, 1.807) is 6.07 Å². The molecule has 1 aromatic carbocycles. The first kappa shape index (κ1) is 16.1. The van der Waals surface area contributed by atoms with Crippen LogP contribution >= 0.6 is 0 Å². The third-order valence-corrected chi connectivity index (χ3v) is 5.64. The molecule has 118 valence electrons. The summed E-state index contributed by atoms with van der Waals surface area (Å²) in [5.41, 5.74) is 6.13. The van der Waals surface area contributed by atoms with Gasteiger partial charge in [-0.1, -0.05) is 19.8 Å². The summed E-state index contributed by atoms with van der Waals surface area (Å²) in [5.74, 6) is 1.46. The fourth-order valence-electron chi connectivity index (χ4n) is 2.74. The number of nitrogens with two attached hydrogens (primary N) is 1. The summed E-state index contributed by atoms with van der Waals surface area (Å²) in [6.07, 6.45) is 4.53. The first-order valence-electron chi connectivity index (χ1n) is 7.35. The molecular formula is C15H24N2O3S. The Morgan fingerprint density at radius 3 is 2.57 bits per heavy atom. The van der Waals surface area contributed by atoms with Crippen molar-refractivity contribution in [3.05, 3.63) is 18.2 Å². The molecule has 0 unspecified atom stereocenters. The standard InChI is InChI=1S/C15H24N2O3S/c1-11-3-5-12(6-4-11)10-17-21(18,19)15-8-7-13(16)9-14(15)20-2/h7-9,11-12,17H,3-6,10,16H2,1-2H3. The minimum atomic E-state index is -3.56. The number of benzene rings is 1. The lowest BCUT2D eigenvalue weighted by atomic mass is 9.83. The van der Waals surface area contributed by atoms with E-state index in [-0.39, 0.29) is 10.6 Å². The Hall–Kier alpha value is -1.27. The number of nitrogens with one attached hydrogen (secondary N) is 1. The molecule has 0 aliphatic heterocycles. The van der Waals surface area contributed by atoms with Crippen molar-refractivity contribution in [1.29, 1.82) is 0 Å². The summed E-state index contributed by atoms with van der Waals surface area (Å²) < 4.78 is 32.6. The molecule has 6 heteroatoms. The van der Waals surface area contributed by atoms with E-state index in [2.05, 4.69) is 11.6 Å². The van der Waals surface area contributed by atoms with Gasteiger partial charge in [0.25, 0.3) is 0 Å². The summed E-state index contributed by atoms with van der Waals surface area (Å²) in [6.45, 7) is 2.74. The zero-order valence-corrected chi connectivity index (χ0v) is 13.4. The minimum absolute atomic E-state index is 0.142. The molecule has 1 aliphatic rings. The van der Waals surface area contributed by atoms with Gasteiger partial charge in [-0.3, -0.25) is 0 Å². The van der Waals surface area contributed by atoms with Crippen LogP contribution in [0.15, 0.2) is 23.1 Å². The van der Waals surface area contributed by atoms with Crippen molar-refractivity contribution >= 4 is 15.7 Å². The highest BCUT2D eigenvalue weighted by Crippen LogP contribution is 2.29. The minimum Gasteiger partial charge on any atom is -0.495 e. The van der Waals surface area contributed by atoms with Crippen LogP contribution < -0.4 is 15.2 Å². The van der Waals surface area contributed by atoms with Crippen molar-refractivity contribution in [2.24, 2.45) is 11.8 Å². The van der Waals surface area contributed by atoms with Crippen LogP contribution in [0.2, 0.25) is 0 Å². The highest BCUT2D eigenvalue weighted by molar-refractivity contribution is 7.89. The summed E-state index contributed by atoms with van der Waals surface area (Å²) in [6, 6.07) is 4.58. The van der Waals surface area contributed by atoms with Crippen molar-refractivity contribution in [3.63, 3.8) is 0 Å². The third kappa shape index (κ3) is 4.11. The lowest BCUT2D eigenvalue weighted by molar-refractivity contribution is 0.290. The lowest BCUT2D eigenvalue weighted by Gasteiger charge is -2.26. The molecule has 1 aromatic rings. The molecule has 0 spiro atoms. The quantitative estimate of drug-likeness (QED) is 0.818. The maximum absolute atomic E-state index is 12.4. The summed E-state index contributed by atoms with van der Waals surface area (Å²) in [4.78, 5) is 0.142. The number of sulfonamides is 1.